The molecule has 1 amide bonds. The molecule has 0 unspecified atom stereocenters. The lowest BCUT2D eigenvalue weighted by atomic mass is 10.2. The van der Waals surface area contributed by atoms with E-state index in [4.69, 9.17) is 4.42 Å². The van der Waals surface area contributed by atoms with Crippen LogP contribution < -0.4 is 5.32 Å². The van der Waals surface area contributed by atoms with E-state index in [1.807, 2.05) is 25.1 Å². The van der Waals surface area contributed by atoms with Gasteiger partial charge in [0.2, 0.25) is 0 Å². The van der Waals surface area contributed by atoms with Gasteiger partial charge in [0.1, 0.15) is 0 Å². The van der Waals surface area contributed by atoms with E-state index in [-0.39, 0.29) is 11.7 Å². The Kier molecular flexibility index (Phi) is 3.69. The van der Waals surface area contributed by atoms with E-state index in [9.17, 15) is 4.79 Å². The summed E-state index contributed by atoms with van der Waals surface area (Å²) in [5.74, 6) is 0.00914. The number of hydrogen-bond acceptors (Lipinski definition) is 2. The number of benzene rings is 1. The maximum absolute atomic E-state index is 11.8. The molecule has 0 spiro atoms. The van der Waals surface area contributed by atoms with Gasteiger partial charge in [0, 0.05) is 10.2 Å². The summed E-state index contributed by atoms with van der Waals surface area (Å²) in [7, 11) is 0. The molecule has 1 aromatic carbocycles. The number of hydrogen-bond donors (Lipinski definition) is 1. The number of furan rings is 1. The zero-order valence-corrected chi connectivity index (χ0v) is 12.1. The van der Waals surface area contributed by atoms with Crippen molar-refractivity contribution in [2.75, 3.05) is 5.32 Å². The quantitative estimate of drug-likeness (QED) is 0.866. The number of halogens is 2. The molecule has 0 bridgehead atoms. The average molecular weight is 359 g/mol. The third-order valence-electron chi connectivity index (χ3n) is 2.21. The summed E-state index contributed by atoms with van der Waals surface area (Å²) in [6.07, 6.45) is 0. The molecule has 0 saturated carbocycles. The predicted molar refractivity (Wildman–Crippen MR) is 73.2 cm³/mol. The van der Waals surface area contributed by atoms with Crippen molar-refractivity contribution in [2.24, 2.45) is 0 Å². The molecule has 0 radical (unpaired) electrons. The normalized spacial score (nSPS) is 10.3. The van der Waals surface area contributed by atoms with E-state index in [0.717, 1.165) is 15.7 Å². The molecule has 2 rings (SSSR count). The summed E-state index contributed by atoms with van der Waals surface area (Å²) in [5.41, 5.74) is 1.80. The maximum atomic E-state index is 11.8. The highest BCUT2D eigenvalue weighted by Gasteiger charge is 2.10. The van der Waals surface area contributed by atoms with Crippen LogP contribution in [0.25, 0.3) is 0 Å². The second-order valence-electron chi connectivity index (χ2n) is 3.52. The molecule has 2 aromatic rings. The SMILES string of the molecule is Cc1cc(NC(=O)c2ccc(Br)o2)ccc1Br. The van der Waals surface area contributed by atoms with Crippen molar-refractivity contribution >= 4 is 43.5 Å². The van der Waals surface area contributed by atoms with Gasteiger partial charge < -0.3 is 9.73 Å². The third-order valence-corrected chi connectivity index (χ3v) is 3.53. The molecular formula is C12H9Br2NO2. The fourth-order valence-corrected chi connectivity index (χ4v) is 1.90. The van der Waals surface area contributed by atoms with Crippen LogP contribution in [0.3, 0.4) is 0 Å². The van der Waals surface area contributed by atoms with E-state index in [2.05, 4.69) is 37.2 Å². The Labute approximate surface area is 115 Å². The zero-order chi connectivity index (χ0) is 12.4. The van der Waals surface area contributed by atoms with Crippen LogP contribution in [0, 0.1) is 6.92 Å². The number of anilines is 1. The molecular weight excluding hydrogens is 350 g/mol. The van der Waals surface area contributed by atoms with Gasteiger partial charge in [0.25, 0.3) is 5.91 Å². The topological polar surface area (TPSA) is 42.2 Å². The first kappa shape index (κ1) is 12.4. The summed E-state index contributed by atoms with van der Waals surface area (Å²) in [4.78, 5) is 11.8. The number of aryl methyl sites for hydroxylation is 1. The smallest absolute Gasteiger partial charge is 0.291 e. The Bertz CT molecular complexity index is 563. The van der Waals surface area contributed by atoms with Crippen molar-refractivity contribution in [1.82, 2.24) is 0 Å². The van der Waals surface area contributed by atoms with Gasteiger partial charge in [-0.3, -0.25) is 4.79 Å². The van der Waals surface area contributed by atoms with Crippen molar-refractivity contribution in [3.63, 3.8) is 0 Å². The molecule has 0 saturated heterocycles. The van der Waals surface area contributed by atoms with Crippen molar-refractivity contribution in [3.05, 3.63) is 50.8 Å². The monoisotopic (exact) mass is 357 g/mol. The molecule has 1 N–H and O–H groups in total. The molecule has 1 aromatic heterocycles. The Morgan fingerprint density at radius 3 is 2.59 bits per heavy atom. The van der Waals surface area contributed by atoms with Gasteiger partial charge in [0.15, 0.2) is 10.4 Å². The van der Waals surface area contributed by atoms with Gasteiger partial charge in [-0.25, -0.2) is 0 Å². The van der Waals surface area contributed by atoms with Crippen LogP contribution in [0.1, 0.15) is 16.1 Å². The molecule has 0 aliphatic carbocycles. The van der Waals surface area contributed by atoms with Crippen LogP contribution >= 0.6 is 31.9 Å². The van der Waals surface area contributed by atoms with Crippen molar-refractivity contribution < 1.29 is 9.21 Å². The first-order valence-electron chi connectivity index (χ1n) is 4.89. The van der Waals surface area contributed by atoms with E-state index in [0.29, 0.717) is 4.67 Å². The molecule has 5 heteroatoms. The largest absolute Gasteiger partial charge is 0.444 e. The lowest BCUT2D eigenvalue weighted by Crippen LogP contribution is -2.10. The molecule has 0 aliphatic heterocycles. The van der Waals surface area contributed by atoms with Crippen LogP contribution in [0.2, 0.25) is 0 Å². The number of carbonyl (C=O) groups excluding carboxylic acids is 1. The Morgan fingerprint density at radius 2 is 2.00 bits per heavy atom. The summed E-state index contributed by atoms with van der Waals surface area (Å²) in [6.45, 7) is 1.96. The first-order chi connectivity index (χ1) is 8.06. The highest BCUT2D eigenvalue weighted by molar-refractivity contribution is 9.10. The molecule has 0 aliphatic rings. The molecule has 0 fully saturated rings. The van der Waals surface area contributed by atoms with Crippen molar-refractivity contribution in [2.45, 2.75) is 6.92 Å². The van der Waals surface area contributed by atoms with Gasteiger partial charge in [-0.2, -0.15) is 0 Å². The average Bonchev–Trinajstić information content (AvgIpc) is 2.70. The summed E-state index contributed by atoms with van der Waals surface area (Å²) < 4.78 is 6.71. The highest BCUT2D eigenvalue weighted by Crippen LogP contribution is 2.21. The summed E-state index contributed by atoms with van der Waals surface area (Å²) >= 11 is 6.56. The fraction of sp³-hybridized carbons (Fsp3) is 0.0833. The van der Waals surface area contributed by atoms with Gasteiger partial charge in [-0.1, -0.05) is 15.9 Å². The van der Waals surface area contributed by atoms with Crippen LogP contribution in [-0.4, -0.2) is 5.91 Å². The second kappa shape index (κ2) is 5.06. The molecule has 17 heavy (non-hydrogen) atoms. The minimum absolute atomic E-state index is 0.266. The van der Waals surface area contributed by atoms with E-state index in [1.165, 1.54) is 0 Å². The minimum Gasteiger partial charge on any atom is -0.444 e. The van der Waals surface area contributed by atoms with E-state index >= 15 is 0 Å². The number of carbonyl (C=O) groups is 1. The minimum atomic E-state index is -0.266. The summed E-state index contributed by atoms with van der Waals surface area (Å²) in [5, 5.41) is 2.77. The molecule has 1 heterocycles. The van der Waals surface area contributed by atoms with Gasteiger partial charge >= 0.3 is 0 Å². The molecule has 0 atom stereocenters. The van der Waals surface area contributed by atoms with Crippen molar-refractivity contribution in [1.29, 1.82) is 0 Å². The van der Waals surface area contributed by atoms with E-state index in [1.54, 1.807) is 12.1 Å². The van der Waals surface area contributed by atoms with Crippen LogP contribution in [0.5, 0.6) is 0 Å². The lowest BCUT2D eigenvalue weighted by molar-refractivity contribution is 0.0995. The number of nitrogens with one attached hydrogen (secondary N) is 1. The van der Waals surface area contributed by atoms with Crippen LogP contribution in [-0.2, 0) is 0 Å². The van der Waals surface area contributed by atoms with Crippen LogP contribution in [0.4, 0.5) is 5.69 Å². The second-order valence-corrected chi connectivity index (χ2v) is 5.16. The predicted octanol–water partition coefficient (Wildman–Crippen LogP) is 4.37. The van der Waals surface area contributed by atoms with Crippen molar-refractivity contribution in [3.8, 4) is 0 Å². The number of amides is 1. The Morgan fingerprint density at radius 1 is 1.24 bits per heavy atom. The van der Waals surface area contributed by atoms with Crippen LogP contribution in [0.15, 0.2) is 43.9 Å². The Hall–Kier alpha value is -1.07. The molecule has 3 nitrogen and oxygen atoms in total. The fourth-order valence-electron chi connectivity index (χ4n) is 1.35. The molecule has 88 valence electrons. The Balaban J connectivity index is 2.15. The summed E-state index contributed by atoms with van der Waals surface area (Å²) in [6, 6.07) is 8.91. The first-order valence-corrected chi connectivity index (χ1v) is 6.48. The lowest BCUT2D eigenvalue weighted by Gasteiger charge is -2.05. The standard InChI is InChI=1S/C12H9Br2NO2/c1-7-6-8(2-3-9(7)13)15-12(16)10-4-5-11(14)17-10/h2-6H,1H3,(H,15,16). The highest BCUT2D eigenvalue weighted by atomic mass is 79.9. The maximum Gasteiger partial charge on any atom is 0.291 e. The van der Waals surface area contributed by atoms with Gasteiger partial charge in [0.05, 0.1) is 0 Å². The van der Waals surface area contributed by atoms with Gasteiger partial charge in [-0.05, 0) is 58.7 Å². The third kappa shape index (κ3) is 2.98. The van der Waals surface area contributed by atoms with Gasteiger partial charge in [-0.15, -0.1) is 0 Å². The zero-order valence-electron chi connectivity index (χ0n) is 8.96. The number of rotatable bonds is 2. The van der Waals surface area contributed by atoms with E-state index < -0.39 is 0 Å².